The molecule has 1 aliphatic rings. The number of hydrogen-bond donors (Lipinski definition) is 2. The van der Waals surface area contributed by atoms with Crippen LogP contribution in [0.25, 0.3) is 11.0 Å². The predicted molar refractivity (Wildman–Crippen MR) is 131 cm³/mol. The highest BCUT2D eigenvalue weighted by Crippen LogP contribution is 2.35. The van der Waals surface area contributed by atoms with Crippen LogP contribution in [0.2, 0.25) is 0 Å². The molecule has 0 spiro atoms. The van der Waals surface area contributed by atoms with Gasteiger partial charge in [-0.25, -0.2) is 9.78 Å². The number of nitrogens with zero attached hydrogens (tertiary/aromatic N) is 3. The van der Waals surface area contributed by atoms with Crippen molar-refractivity contribution in [2.24, 2.45) is 5.73 Å². The third kappa shape index (κ3) is 4.44. The van der Waals surface area contributed by atoms with Crippen LogP contribution in [0.15, 0.2) is 60.8 Å². The normalized spacial score (nSPS) is 15.4. The maximum Gasteiger partial charge on any atom is 0.338 e. The van der Waals surface area contributed by atoms with Crippen LogP contribution in [-0.2, 0) is 30.8 Å². The third-order valence-electron chi connectivity index (χ3n) is 6.59. The van der Waals surface area contributed by atoms with Gasteiger partial charge in [0, 0.05) is 19.3 Å². The molecule has 0 bridgehead atoms. The molecule has 0 radical (unpaired) electrons. The van der Waals surface area contributed by atoms with Crippen molar-refractivity contribution in [3.8, 4) is 0 Å². The average molecular weight is 456 g/mol. The molecule has 7 nitrogen and oxygen atoms in total. The Balaban J connectivity index is 1.54. The number of methoxy groups -OCH3 is 1. The fourth-order valence-corrected chi connectivity index (χ4v) is 4.90. The van der Waals surface area contributed by atoms with Crippen molar-refractivity contribution in [1.29, 1.82) is 0 Å². The lowest BCUT2D eigenvalue weighted by Crippen LogP contribution is -2.32. The molecule has 1 atom stereocenters. The Bertz CT molecular complexity index is 1280. The number of H-pyrrole nitrogens is 1. The molecule has 3 N–H and O–H groups in total. The Hall–Kier alpha value is -3.55. The first-order valence-corrected chi connectivity index (χ1v) is 11.7. The van der Waals surface area contributed by atoms with Gasteiger partial charge in [0.05, 0.1) is 42.0 Å². The lowest BCUT2D eigenvalue weighted by Gasteiger charge is -2.35. The lowest BCUT2D eigenvalue weighted by molar-refractivity contribution is 0.0596. The summed E-state index contributed by atoms with van der Waals surface area (Å²) in [6.07, 6.45) is 5.00. The Morgan fingerprint density at radius 3 is 2.88 bits per heavy atom. The second-order valence-electron chi connectivity index (χ2n) is 8.75. The quantitative estimate of drug-likeness (QED) is 0.404. The molecular weight excluding hydrogens is 426 g/mol. The second kappa shape index (κ2) is 9.75. The van der Waals surface area contributed by atoms with Crippen LogP contribution in [-0.4, -0.2) is 32.9 Å². The minimum Gasteiger partial charge on any atom is -0.465 e. The van der Waals surface area contributed by atoms with Crippen molar-refractivity contribution in [2.75, 3.05) is 7.11 Å². The van der Waals surface area contributed by atoms with Crippen LogP contribution in [0.5, 0.6) is 0 Å². The third-order valence-corrected chi connectivity index (χ3v) is 6.59. The molecule has 34 heavy (non-hydrogen) atoms. The molecule has 2 aromatic heterocycles. The molecule has 1 aliphatic carbocycles. The van der Waals surface area contributed by atoms with Gasteiger partial charge in [0.1, 0.15) is 5.82 Å². The lowest BCUT2D eigenvalue weighted by atomic mass is 9.90. The SMILES string of the molecule is COC(=O)c1cc(CN)ccc1CN(Cc1nc2ccccc2[nH]1)C1CCCc2cccnc21. The predicted octanol–water partition coefficient (Wildman–Crippen LogP) is 4.28. The standard InChI is InChI=1S/C27H29N5O2/c1-34-27(33)21-14-18(15-28)11-12-20(21)16-32(17-25-30-22-8-2-3-9-23(22)31-25)24-10-4-6-19-7-5-13-29-26(19)24/h2-3,5,7-9,11-14,24H,4,6,10,15-17,28H2,1H3,(H,30,31). The van der Waals surface area contributed by atoms with Gasteiger partial charge >= 0.3 is 5.97 Å². The van der Waals surface area contributed by atoms with Crippen molar-refractivity contribution in [2.45, 2.75) is 44.9 Å². The smallest absolute Gasteiger partial charge is 0.338 e. The first-order valence-electron chi connectivity index (χ1n) is 11.7. The van der Waals surface area contributed by atoms with Gasteiger partial charge in [0.2, 0.25) is 0 Å². The number of nitrogens with one attached hydrogen (secondary N) is 1. The number of hydrogen-bond acceptors (Lipinski definition) is 6. The van der Waals surface area contributed by atoms with E-state index in [9.17, 15) is 4.79 Å². The van der Waals surface area contributed by atoms with Crippen LogP contribution >= 0.6 is 0 Å². The van der Waals surface area contributed by atoms with Crippen LogP contribution < -0.4 is 5.73 Å². The minimum absolute atomic E-state index is 0.123. The highest BCUT2D eigenvalue weighted by molar-refractivity contribution is 5.91. The molecule has 4 aromatic rings. The van der Waals surface area contributed by atoms with Crippen LogP contribution in [0.4, 0.5) is 0 Å². The zero-order valence-corrected chi connectivity index (χ0v) is 19.3. The summed E-state index contributed by atoms with van der Waals surface area (Å²) in [5, 5.41) is 0. The minimum atomic E-state index is -0.351. The van der Waals surface area contributed by atoms with Gasteiger partial charge in [-0.2, -0.15) is 0 Å². The summed E-state index contributed by atoms with van der Waals surface area (Å²) in [6.45, 7) is 1.54. The summed E-state index contributed by atoms with van der Waals surface area (Å²) in [4.78, 5) is 28.0. The highest BCUT2D eigenvalue weighted by Gasteiger charge is 2.29. The zero-order valence-electron chi connectivity index (χ0n) is 19.3. The van der Waals surface area contributed by atoms with Crippen LogP contribution in [0, 0.1) is 0 Å². The highest BCUT2D eigenvalue weighted by atomic mass is 16.5. The summed E-state index contributed by atoms with van der Waals surface area (Å²) >= 11 is 0. The molecule has 0 saturated carbocycles. The zero-order chi connectivity index (χ0) is 23.5. The number of ether oxygens (including phenoxy) is 1. The van der Waals surface area contributed by atoms with E-state index in [0.29, 0.717) is 25.2 Å². The first kappa shape index (κ1) is 22.3. The van der Waals surface area contributed by atoms with Crippen molar-refractivity contribution in [3.05, 3.63) is 94.6 Å². The number of para-hydroxylation sites is 2. The van der Waals surface area contributed by atoms with Crippen molar-refractivity contribution in [1.82, 2.24) is 19.9 Å². The Morgan fingerprint density at radius 1 is 1.18 bits per heavy atom. The summed E-state index contributed by atoms with van der Waals surface area (Å²) in [5.41, 5.74) is 12.6. The van der Waals surface area contributed by atoms with Gasteiger partial charge in [-0.15, -0.1) is 0 Å². The number of carbonyl (C=O) groups is 1. The topological polar surface area (TPSA) is 97.1 Å². The fraction of sp³-hybridized carbons (Fsp3) is 0.296. The number of fused-ring (bicyclic) bond motifs is 2. The molecule has 0 saturated heterocycles. The van der Waals surface area contributed by atoms with Crippen LogP contribution in [0.3, 0.4) is 0 Å². The number of rotatable bonds is 7. The first-order chi connectivity index (χ1) is 16.7. The Morgan fingerprint density at radius 2 is 2.06 bits per heavy atom. The number of esters is 1. The molecule has 7 heteroatoms. The van der Waals surface area contributed by atoms with E-state index in [2.05, 4.69) is 16.0 Å². The van der Waals surface area contributed by atoms with E-state index in [4.69, 9.17) is 20.4 Å². The van der Waals surface area contributed by atoms with E-state index in [1.54, 1.807) is 0 Å². The van der Waals surface area contributed by atoms with Crippen molar-refractivity contribution >= 4 is 17.0 Å². The monoisotopic (exact) mass is 455 g/mol. The molecular formula is C27H29N5O2. The van der Waals surface area contributed by atoms with Gasteiger partial charge < -0.3 is 15.5 Å². The molecule has 0 amide bonds. The molecule has 2 aromatic carbocycles. The van der Waals surface area contributed by atoms with Crippen molar-refractivity contribution < 1.29 is 9.53 Å². The van der Waals surface area contributed by atoms with Crippen LogP contribution in [0.1, 0.15) is 57.5 Å². The largest absolute Gasteiger partial charge is 0.465 e. The van der Waals surface area contributed by atoms with Gasteiger partial charge in [-0.3, -0.25) is 9.88 Å². The van der Waals surface area contributed by atoms with Gasteiger partial charge in [0.15, 0.2) is 0 Å². The number of aromatic nitrogens is 3. The maximum absolute atomic E-state index is 12.6. The van der Waals surface area contributed by atoms with Crippen molar-refractivity contribution in [3.63, 3.8) is 0 Å². The molecule has 0 aliphatic heterocycles. The summed E-state index contributed by atoms with van der Waals surface area (Å²) in [6, 6.07) is 18.2. The molecule has 1 unspecified atom stereocenters. The fourth-order valence-electron chi connectivity index (χ4n) is 4.90. The molecule has 0 fully saturated rings. The second-order valence-corrected chi connectivity index (χ2v) is 8.75. The summed E-state index contributed by atoms with van der Waals surface area (Å²) in [5.74, 6) is 0.540. The van der Waals surface area contributed by atoms with E-state index in [0.717, 1.165) is 52.9 Å². The molecule has 2 heterocycles. The molecule has 174 valence electrons. The van der Waals surface area contributed by atoms with E-state index in [-0.39, 0.29) is 12.0 Å². The van der Waals surface area contributed by atoms with E-state index in [1.807, 2.05) is 54.7 Å². The summed E-state index contributed by atoms with van der Waals surface area (Å²) < 4.78 is 5.09. The van der Waals surface area contributed by atoms with E-state index in [1.165, 1.54) is 12.7 Å². The number of carbonyl (C=O) groups excluding carboxylic acids is 1. The maximum atomic E-state index is 12.6. The van der Waals surface area contributed by atoms with Gasteiger partial charge in [-0.05, 0) is 60.2 Å². The number of imidazole rings is 1. The number of aromatic amines is 1. The summed E-state index contributed by atoms with van der Waals surface area (Å²) in [7, 11) is 1.41. The Kier molecular flexibility index (Phi) is 6.38. The number of nitrogens with two attached hydrogens (primary N) is 1. The van der Waals surface area contributed by atoms with Gasteiger partial charge in [0.25, 0.3) is 0 Å². The average Bonchev–Trinajstić information content (AvgIpc) is 3.30. The van der Waals surface area contributed by atoms with E-state index < -0.39 is 0 Å². The Labute approximate surface area is 199 Å². The number of pyridine rings is 1. The molecule has 5 rings (SSSR count). The van der Waals surface area contributed by atoms with Gasteiger partial charge in [-0.1, -0.05) is 30.3 Å². The number of aryl methyl sites for hydroxylation is 1. The number of benzene rings is 2. The van der Waals surface area contributed by atoms with E-state index >= 15 is 0 Å².